The van der Waals surface area contributed by atoms with Gasteiger partial charge < -0.3 is 10.2 Å². The zero-order valence-corrected chi connectivity index (χ0v) is 11.9. The molecule has 0 aliphatic rings. The molecule has 1 aromatic rings. The molecular formula is C14H22ClN2O+. The van der Waals surface area contributed by atoms with Gasteiger partial charge in [0, 0.05) is 10.7 Å². The minimum atomic E-state index is 0.0631. The number of carbonyl (C=O) groups is 1. The fourth-order valence-electron chi connectivity index (χ4n) is 1.69. The van der Waals surface area contributed by atoms with Crippen molar-refractivity contribution in [2.45, 2.75) is 26.2 Å². The minimum Gasteiger partial charge on any atom is -0.337 e. The van der Waals surface area contributed by atoms with E-state index in [1.54, 1.807) is 12.1 Å². The van der Waals surface area contributed by atoms with Gasteiger partial charge in [-0.25, -0.2) is 0 Å². The number of carbonyl (C=O) groups excluding carboxylic acids is 1. The quantitative estimate of drug-likeness (QED) is 0.780. The average Bonchev–Trinajstić information content (AvgIpc) is 2.36. The maximum absolute atomic E-state index is 11.7. The van der Waals surface area contributed by atoms with Crippen molar-refractivity contribution >= 4 is 23.2 Å². The molecule has 0 fully saturated rings. The molecule has 0 radical (unpaired) electrons. The van der Waals surface area contributed by atoms with Crippen molar-refractivity contribution in [2.75, 3.05) is 25.5 Å². The number of hydrogen-bond donors (Lipinski definition) is 2. The van der Waals surface area contributed by atoms with Crippen LogP contribution in [-0.2, 0) is 4.79 Å². The second kappa shape index (κ2) is 8.11. The predicted octanol–water partition coefficient (Wildman–Crippen LogP) is 1.98. The molecule has 0 aliphatic heterocycles. The van der Waals surface area contributed by atoms with Crippen LogP contribution in [0.5, 0.6) is 0 Å². The second-order valence-corrected chi connectivity index (χ2v) is 5.05. The van der Waals surface area contributed by atoms with Crippen LogP contribution in [0.3, 0.4) is 0 Å². The van der Waals surface area contributed by atoms with Crippen LogP contribution in [0.25, 0.3) is 0 Å². The predicted molar refractivity (Wildman–Crippen MR) is 76.2 cm³/mol. The van der Waals surface area contributed by atoms with Crippen LogP contribution >= 0.6 is 11.6 Å². The van der Waals surface area contributed by atoms with Gasteiger partial charge in [-0.1, -0.05) is 24.9 Å². The number of quaternary nitrogens is 1. The molecule has 1 atom stereocenters. The van der Waals surface area contributed by atoms with E-state index < -0.39 is 0 Å². The second-order valence-electron chi connectivity index (χ2n) is 4.62. The SMILES string of the molecule is CCCC[NH+](C)CCC(=O)Nc1ccc(Cl)cc1. The number of unbranched alkanes of at least 4 members (excludes halogenated alkanes) is 1. The average molecular weight is 270 g/mol. The lowest BCUT2D eigenvalue weighted by Gasteiger charge is -2.13. The molecule has 4 heteroatoms. The molecule has 1 aromatic carbocycles. The van der Waals surface area contributed by atoms with Gasteiger partial charge in [-0.2, -0.15) is 0 Å². The Hall–Kier alpha value is -1.06. The molecule has 0 aliphatic carbocycles. The van der Waals surface area contributed by atoms with Crippen molar-refractivity contribution in [1.29, 1.82) is 0 Å². The van der Waals surface area contributed by atoms with Gasteiger partial charge in [-0.05, 0) is 30.7 Å². The van der Waals surface area contributed by atoms with Gasteiger partial charge in [-0.15, -0.1) is 0 Å². The Bertz CT molecular complexity index is 365. The number of anilines is 1. The van der Waals surface area contributed by atoms with Crippen molar-refractivity contribution in [3.8, 4) is 0 Å². The van der Waals surface area contributed by atoms with Gasteiger partial charge in [0.25, 0.3) is 0 Å². The molecule has 0 saturated carbocycles. The van der Waals surface area contributed by atoms with E-state index in [1.807, 2.05) is 12.1 Å². The molecule has 100 valence electrons. The summed E-state index contributed by atoms with van der Waals surface area (Å²) in [4.78, 5) is 13.1. The summed E-state index contributed by atoms with van der Waals surface area (Å²) >= 11 is 5.78. The number of amides is 1. The van der Waals surface area contributed by atoms with Crippen LogP contribution in [0, 0.1) is 0 Å². The number of nitrogens with one attached hydrogen (secondary N) is 2. The van der Waals surface area contributed by atoms with Gasteiger partial charge in [-0.3, -0.25) is 4.79 Å². The van der Waals surface area contributed by atoms with Crippen LogP contribution in [-0.4, -0.2) is 26.0 Å². The van der Waals surface area contributed by atoms with E-state index in [4.69, 9.17) is 11.6 Å². The van der Waals surface area contributed by atoms with E-state index >= 15 is 0 Å². The van der Waals surface area contributed by atoms with Gasteiger partial charge in [0.05, 0.1) is 26.6 Å². The maximum atomic E-state index is 11.7. The Morgan fingerprint density at radius 3 is 2.56 bits per heavy atom. The van der Waals surface area contributed by atoms with Crippen LogP contribution in [0.15, 0.2) is 24.3 Å². The Labute approximate surface area is 114 Å². The summed E-state index contributed by atoms with van der Waals surface area (Å²) in [5.41, 5.74) is 0.801. The lowest BCUT2D eigenvalue weighted by atomic mass is 10.3. The summed E-state index contributed by atoms with van der Waals surface area (Å²) in [5, 5.41) is 3.55. The zero-order chi connectivity index (χ0) is 13.4. The first-order chi connectivity index (χ1) is 8.61. The summed E-state index contributed by atoms with van der Waals surface area (Å²) in [6.07, 6.45) is 2.97. The topological polar surface area (TPSA) is 33.5 Å². The largest absolute Gasteiger partial charge is 0.337 e. The summed E-state index contributed by atoms with van der Waals surface area (Å²) < 4.78 is 0. The van der Waals surface area contributed by atoms with Crippen molar-refractivity contribution in [1.82, 2.24) is 0 Å². The zero-order valence-electron chi connectivity index (χ0n) is 11.1. The Morgan fingerprint density at radius 2 is 1.94 bits per heavy atom. The highest BCUT2D eigenvalue weighted by molar-refractivity contribution is 6.30. The van der Waals surface area contributed by atoms with E-state index in [9.17, 15) is 4.79 Å². The normalized spacial score (nSPS) is 12.2. The first-order valence-corrected chi connectivity index (χ1v) is 6.86. The monoisotopic (exact) mass is 269 g/mol. The van der Waals surface area contributed by atoms with E-state index in [2.05, 4.69) is 19.3 Å². The summed E-state index contributed by atoms with van der Waals surface area (Å²) in [7, 11) is 2.13. The molecule has 0 spiro atoms. The maximum Gasteiger partial charge on any atom is 0.230 e. The third-order valence-electron chi connectivity index (χ3n) is 2.86. The van der Waals surface area contributed by atoms with Crippen LogP contribution < -0.4 is 10.2 Å². The number of halogens is 1. The van der Waals surface area contributed by atoms with Crippen LogP contribution in [0.4, 0.5) is 5.69 Å². The van der Waals surface area contributed by atoms with Crippen LogP contribution in [0.1, 0.15) is 26.2 Å². The fourth-order valence-corrected chi connectivity index (χ4v) is 1.81. The van der Waals surface area contributed by atoms with Gasteiger partial charge in [0.15, 0.2) is 0 Å². The van der Waals surface area contributed by atoms with Gasteiger partial charge >= 0.3 is 0 Å². The standard InChI is InChI=1S/C14H21ClN2O/c1-3-4-10-17(2)11-9-14(18)16-13-7-5-12(15)6-8-13/h5-8H,3-4,9-11H2,1-2H3,(H,16,18)/p+1. The lowest BCUT2D eigenvalue weighted by Crippen LogP contribution is -3.09. The number of rotatable bonds is 7. The Kier molecular flexibility index (Phi) is 6.76. The third-order valence-corrected chi connectivity index (χ3v) is 3.12. The van der Waals surface area contributed by atoms with Crippen molar-refractivity contribution in [3.63, 3.8) is 0 Å². The van der Waals surface area contributed by atoms with Crippen molar-refractivity contribution in [3.05, 3.63) is 29.3 Å². The molecule has 3 nitrogen and oxygen atoms in total. The molecule has 0 saturated heterocycles. The molecule has 2 N–H and O–H groups in total. The third kappa shape index (κ3) is 6.03. The van der Waals surface area contributed by atoms with E-state index in [0.29, 0.717) is 11.4 Å². The molecule has 1 amide bonds. The van der Waals surface area contributed by atoms with Gasteiger partial charge in [0.2, 0.25) is 5.91 Å². The smallest absolute Gasteiger partial charge is 0.230 e. The van der Waals surface area contributed by atoms with Gasteiger partial charge in [0.1, 0.15) is 0 Å². The summed E-state index contributed by atoms with van der Waals surface area (Å²) in [5.74, 6) is 0.0631. The molecular weight excluding hydrogens is 248 g/mol. The van der Waals surface area contributed by atoms with Crippen molar-refractivity contribution in [2.24, 2.45) is 0 Å². The summed E-state index contributed by atoms with van der Waals surface area (Å²) in [6, 6.07) is 7.17. The minimum absolute atomic E-state index is 0.0631. The van der Waals surface area contributed by atoms with Crippen molar-refractivity contribution < 1.29 is 9.69 Å². The fraction of sp³-hybridized carbons (Fsp3) is 0.500. The molecule has 0 bridgehead atoms. The van der Waals surface area contributed by atoms with E-state index in [-0.39, 0.29) is 5.91 Å². The Morgan fingerprint density at radius 1 is 1.28 bits per heavy atom. The van der Waals surface area contributed by atoms with E-state index in [0.717, 1.165) is 18.8 Å². The highest BCUT2D eigenvalue weighted by Gasteiger charge is 2.07. The number of benzene rings is 1. The number of hydrogen-bond acceptors (Lipinski definition) is 1. The van der Waals surface area contributed by atoms with Crippen LogP contribution in [0.2, 0.25) is 5.02 Å². The lowest BCUT2D eigenvalue weighted by molar-refractivity contribution is -0.879. The molecule has 1 unspecified atom stereocenters. The Balaban J connectivity index is 2.27. The molecule has 0 heterocycles. The molecule has 18 heavy (non-hydrogen) atoms. The molecule has 1 rings (SSSR count). The highest BCUT2D eigenvalue weighted by atomic mass is 35.5. The molecule has 0 aromatic heterocycles. The first-order valence-electron chi connectivity index (χ1n) is 6.48. The highest BCUT2D eigenvalue weighted by Crippen LogP contribution is 2.13. The summed E-state index contributed by atoms with van der Waals surface area (Å²) in [6.45, 7) is 4.19. The van der Waals surface area contributed by atoms with E-state index in [1.165, 1.54) is 17.7 Å². The first kappa shape index (κ1) is 15.0.